The van der Waals surface area contributed by atoms with E-state index >= 15 is 0 Å². The number of rotatable bonds is 8. The zero-order chi connectivity index (χ0) is 17.4. The number of aryl methyl sites for hydroxylation is 1. The summed E-state index contributed by atoms with van der Waals surface area (Å²) in [5.41, 5.74) is -0.727. The van der Waals surface area contributed by atoms with Crippen LogP contribution in [0, 0.1) is 6.92 Å². The fourth-order valence-electron chi connectivity index (χ4n) is 1.76. The summed E-state index contributed by atoms with van der Waals surface area (Å²) in [4.78, 5) is 39.0. The van der Waals surface area contributed by atoms with E-state index < -0.39 is 34.0 Å². The van der Waals surface area contributed by atoms with Gasteiger partial charge in [-0.2, -0.15) is 11.8 Å². The number of amides is 1. The lowest BCUT2D eigenvalue weighted by atomic mass is 10.2. The van der Waals surface area contributed by atoms with E-state index in [1.807, 2.05) is 6.26 Å². The first kappa shape index (κ1) is 22.6. The Kier molecular flexibility index (Phi) is 10.6. The summed E-state index contributed by atoms with van der Waals surface area (Å²) in [6.45, 7) is 1.20. The second kappa shape index (κ2) is 11.2. The third-order valence-corrected chi connectivity index (χ3v) is 5.55. The number of carbonyl (C=O) groups excluding carboxylic acids is 1. The SMILES string of the molecule is CSC[S@](=O)C[C@H](CO)NC(=O)/C=C/c1c(C)[nH]c(=O)[nH]c1=O.[Cl-].[H+]. The summed E-state index contributed by atoms with van der Waals surface area (Å²) in [6, 6.07) is -0.630. The first-order chi connectivity index (χ1) is 10.9. The highest BCUT2D eigenvalue weighted by Gasteiger charge is 2.13. The highest BCUT2D eigenvalue weighted by Crippen LogP contribution is 2.00. The lowest BCUT2D eigenvalue weighted by molar-refractivity contribution is -0.117. The number of aliphatic hydroxyl groups excluding tert-OH is 1. The van der Waals surface area contributed by atoms with E-state index in [-0.39, 0.29) is 31.8 Å². The van der Waals surface area contributed by atoms with Gasteiger partial charge in [-0.3, -0.25) is 18.8 Å². The van der Waals surface area contributed by atoms with Crippen LogP contribution < -0.4 is 29.0 Å². The first-order valence-electron chi connectivity index (χ1n) is 6.64. The molecule has 0 aliphatic rings. The Morgan fingerprint density at radius 2 is 2.12 bits per heavy atom. The summed E-state index contributed by atoms with van der Waals surface area (Å²) in [7, 11) is -1.15. The van der Waals surface area contributed by atoms with Crippen LogP contribution in [0.25, 0.3) is 6.08 Å². The number of thioether (sulfide) groups is 1. The molecular weight excluding hydrogens is 378 g/mol. The molecule has 1 rings (SSSR count). The number of aromatic nitrogens is 2. The average Bonchev–Trinajstić information content (AvgIpc) is 2.45. The Hall–Kier alpha value is -1.36. The molecule has 0 radical (unpaired) electrons. The molecule has 136 valence electrons. The Morgan fingerprint density at radius 3 is 2.67 bits per heavy atom. The predicted octanol–water partition coefficient (Wildman–Crippen LogP) is -3.95. The van der Waals surface area contributed by atoms with E-state index in [1.165, 1.54) is 24.8 Å². The number of H-pyrrole nitrogens is 2. The maximum atomic E-state index is 11.8. The van der Waals surface area contributed by atoms with Crippen LogP contribution in [0.2, 0.25) is 0 Å². The molecule has 24 heavy (non-hydrogen) atoms. The minimum atomic E-state index is -1.15. The third-order valence-electron chi connectivity index (χ3n) is 2.78. The monoisotopic (exact) mass is 397 g/mol. The molecule has 0 saturated carbocycles. The van der Waals surface area contributed by atoms with Gasteiger partial charge < -0.3 is 27.8 Å². The minimum Gasteiger partial charge on any atom is -1.00 e. The van der Waals surface area contributed by atoms with Crippen molar-refractivity contribution in [2.45, 2.75) is 13.0 Å². The van der Waals surface area contributed by atoms with Gasteiger partial charge in [-0.25, -0.2) is 4.79 Å². The molecular formula is C13H20ClN3O5S2. The van der Waals surface area contributed by atoms with Gasteiger partial charge in [0.2, 0.25) is 5.91 Å². The molecule has 0 unspecified atom stereocenters. The normalized spacial score (nSPS) is 13.3. The Bertz CT molecular complexity index is 722. The van der Waals surface area contributed by atoms with Crippen LogP contribution in [-0.2, 0) is 15.6 Å². The van der Waals surface area contributed by atoms with E-state index in [4.69, 9.17) is 0 Å². The largest absolute Gasteiger partial charge is 1.00 e. The number of halogens is 1. The number of aromatic amines is 2. The second-order valence-corrected chi connectivity index (χ2v) is 7.41. The van der Waals surface area contributed by atoms with Crippen molar-refractivity contribution in [3.63, 3.8) is 0 Å². The smallest absolute Gasteiger partial charge is 1.00 e. The van der Waals surface area contributed by atoms with E-state index in [1.54, 1.807) is 0 Å². The third kappa shape index (κ3) is 7.47. The predicted molar refractivity (Wildman–Crippen MR) is 93.0 cm³/mol. The van der Waals surface area contributed by atoms with Crippen LogP contribution in [0.4, 0.5) is 0 Å². The van der Waals surface area contributed by atoms with Crippen molar-refractivity contribution in [1.82, 2.24) is 15.3 Å². The Balaban J connectivity index is 0. The number of carbonyl (C=O) groups is 1. The fraction of sp³-hybridized carbons (Fsp3) is 0.462. The second-order valence-electron chi connectivity index (χ2n) is 4.68. The molecule has 2 atom stereocenters. The molecule has 8 nitrogen and oxygen atoms in total. The summed E-state index contributed by atoms with van der Waals surface area (Å²) in [6.07, 6.45) is 4.21. The molecule has 11 heteroatoms. The fourth-order valence-corrected chi connectivity index (χ4v) is 3.84. The van der Waals surface area contributed by atoms with Gasteiger partial charge in [0.15, 0.2) is 0 Å². The number of hydrogen-bond donors (Lipinski definition) is 4. The zero-order valence-corrected chi connectivity index (χ0v) is 15.5. The van der Waals surface area contributed by atoms with Crippen LogP contribution in [0.5, 0.6) is 0 Å². The number of hydrogen-bond acceptors (Lipinski definition) is 6. The average molecular weight is 398 g/mol. The molecule has 1 amide bonds. The van der Waals surface area contributed by atoms with Gasteiger partial charge >= 0.3 is 7.12 Å². The number of nitrogens with one attached hydrogen (secondary N) is 3. The van der Waals surface area contributed by atoms with Crippen molar-refractivity contribution in [3.05, 3.63) is 38.2 Å². The lowest BCUT2D eigenvalue weighted by Crippen LogP contribution is -3.00. The highest BCUT2D eigenvalue weighted by molar-refractivity contribution is 8.09. The minimum absolute atomic E-state index is 0. The van der Waals surface area contributed by atoms with Crippen LogP contribution in [0.1, 0.15) is 12.7 Å². The molecule has 0 aliphatic heterocycles. The van der Waals surface area contributed by atoms with Crippen molar-refractivity contribution < 1.29 is 27.9 Å². The van der Waals surface area contributed by atoms with Crippen molar-refractivity contribution in [2.24, 2.45) is 0 Å². The van der Waals surface area contributed by atoms with Crippen LogP contribution in [-0.4, -0.2) is 54.9 Å². The molecule has 1 heterocycles. The molecule has 0 aliphatic carbocycles. The summed E-state index contributed by atoms with van der Waals surface area (Å²) in [5, 5.41) is 12.2. The molecule has 0 aromatic carbocycles. The van der Waals surface area contributed by atoms with Crippen LogP contribution >= 0.6 is 11.8 Å². The molecule has 0 fully saturated rings. The first-order valence-corrected chi connectivity index (χ1v) is 9.52. The van der Waals surface area contributed by atoms with Gasteiger partial charge in [-0.1, -0.05) is 0 Å². The maximum Gasteiger partial charge on any atom is 1.00 e. The van der Waals surface area contributed by atoms with Gasteiger partial charge in [0.1, 0.15) is 0 Å². The molecule has 0 bridgehead atoms. The number of aliphatic hydroxyl groups is 1. The van der Waals surface area contributed by atoms with Crippen molar-refractivity contribution in [1.29, 1.82) is 0 Å². The topological polar surface area (TPSA) is 132 Å². The zero-order valence-electron chi connectivity index (χ0n) is 14.1. The Labute approximate surface area is 152 Å². The summed E-state index contributed by atoms with van der Waals surface area (Å²) >= 11 is 1.42. The van der Waals surface area contributed by atoms with Gasteiger partial charge in [-0.05, 0) is 19.3 Å². The quantitative estimate of drug-likeness (QED) is 0.331. The molecule has 1 aromatic heterocycles. The Morgan fingerprint density at radius 1 is 1.46 bits per heavy atom. The summed E-state index contributed by atoms with van der Waals surface area (Å²) < 4.78 is 11.6. The highest BCUT2D eigenvalue weighted by atomic mass is 35.5. The van der Waals surface area contributed by atoms with Gasteiger partial charge in [-0.15, -0.1) is 0 Å². The van der Waals surface area contributed by atoms with Crippen molar-refractivity contribution in [3.8, 4) is 0 Å². The van der Waals surface area contributed by atoms with E-state index in [9.17, 15) is 23.7 Å². The molecule has 4 N–H and O–H groups in total. The summed E-state index contributed by atoms with van der Waals surface area (Å²) in [5.74, 6) is -0.384. The van der Waals surface area contributed by atoms with E-state index in [2.05, 4.69) is 15.3 Å². The van der Waals surface area contributed by atoms with E-state index in [0.717, 1.165) is 6.08 Å². The molecule has 0 spiro atoms. The van der Waals surface area contributed by atoms with Crippen LogP contribution in [0.3, 0.4) is 0 Å². The van der Waals surface area contributed by atoms with Gasteiger partial charge in [0, 0.05) is 28.3 Å². The molecule has 1 aromatic rings. The lowest BCUT2D eigenvalue weighted by Gasteiger charge is -2.14. The van der Waals surface area contributed by atoms with Gasteiger partial charge in [0.25, 0.3) is 5.56 Å². The van der Waals surface area contributed by atoms with E-state index in [0.29, 0.717) is 10.8 Å². The van der Waals surface area contributed by atoms with Crippen molar-refractivity contribution >= 4 is 34.5 Å². The van der Waals surface area contributed by atoms with Gasteiger partial charge in [0.05, 0.1) is 23.3 Å². The molecule has 0 saturated heterocycles. The maximum absolute atomic E-state index is 11.8. The standard InChI is InChI=1S/C13H19N3O5S2.ClH/c1-8-10(12(19)16-13(20)14-8)3-4-11(18)15-9(5-17)6-23(21)7-22-2;/h3-4,9,17H,5-7H2,1-2H3,(H,15,18)(H2,14,16,19,20);1H/b4-3+;/t9-,23+;/m0./s1. The van der Waals surface area contributed by atoms with Crippen LogP contribution in [0.15, 0.2) is 15.7 Å². The van der Waals surface area contributed by atoms with Crippen molar-refractivity contribution in [2.75, 3.05) is 23.7 Å².